The quantitative estimate of drug-likeness (QED) is 0.732. The molecule has 1 saturated heterocycles. The lowest BCUT2D eigenvalue weighted by Gasteiger charge is -2.39. The summed E-state index contributed by atoms with van der Waals surface area (Å²) in [7, 11) is 0. The van der Waals surface area contributed by atoms with Crippen molar-refractivity contribution in [1.29, 1.82) is 0 Å². The van der Waals surface area contributed by atoms with Gasteiger partial charge in [0, 0.05) is 12.6 Å². The summed E-state index contributed by atoms with van der Waals surface area (Å²) in [6, 6.07) is 4.13. The van der Waals surface area contributed by atoms with Crippen molar-refractivity contribution in [3.63, 3.8) is 0 Å². The molecule has 0 N–H and O–H groups in total. The molecule has 148 valence electrons. The van der Waals surface area contributed by atoms with Crippen LogP contribution in [0.25, 0.3) is 0 Å². The summed E-state index contributed by atoms with van der Waals surface area (Å²) in [4.78, 5) is 26.4. The predicted octanol–water partition coefficient (Wildman–Crippen LogP) is 4.29. The zero-order valence-electron chi connectivity index (χ0n) is 15.7. The predicted molar refractivity (Wildman–Crippen MR) is 93.0 cm³/mol. The third-order valence-electron chi connectivity index (χ3n) is 5.49. The zero-order chi connectivity index (χ0) is 20.0. The van der Waals surface area contributed by atoms with E-state index in [1.165, 1.54) is 6.07 Å². The average molecular weight is 383 g/mol. The first-order valence-corrected chi connectivity index (χ1v) is 9.03. The van der Waals surface area contributed by atoms with E-state index >= 15 is 0 Å². The van der Waals surface area contributed by atoms with E-state index in [0.29, 0.717) is 6.54 Å². The highest BCUT2D eigenvalue weighted by molar-refractivity contribution is 5.91. The Morgan fingerprint density at radius 3 is 2.59 bits per heavy atom. The lowest BCUT2D eigenvalue weighted by molar-refractivity contribution is -0.138. The average Bonchev–Trinajstić information content (AvgIpc) is 2.80. The highest BCUT2D eigenvalue weighted by atomic mass is 19.4. The Morgan fingerprint density at radius 1 is 1.22 bits per heavy atom. The van der Waals surface area contributed by atoms with Crippen LogP contribution in [0.15, 0.2) is 24.3 Å². The van der Waals surface area contributed by atoms with Crippen LogP contribution in [-0.2, 0) is 15.7 Å². The van der Waals surface area contributed by atoms with Crippen LogP contribution in [0.3, 0.4) is 0 Å². The van der Waals surface area contributed by atoms with Crippen molar-refractivity contribution >= 4 is 11.9 Å². The molecule has 0 aromatic heterocycles. The summed E-state index contributed by atoms with van der Waals surface area (Å²) in [6.45, 7) is 6.73. The molecule has 1 saturated carbocycles. The van der Waals surface area contributed by atoms with E-state index < -0.39 is 24.3 Å². The molecule has 1 heterocycles. The molecular weight excluding hydrogens is 359 g/mol. The number of carbonyl (C=O) groups is 2. The van der Waals surface area contributed by atoms with Gasteiger partial charge in [0.2, 0.25) is 0 Å². The Hall–Kier alpha value is -2.05. The summed E-state index contributed by atoms with van der Waals surface area (Å²) >= 11 is 0. The minimum absolute atomic E-state index is 0.0626. The Morgan fingerprint density at radius 2 is 1.93 bits per heavy atom. The second kappa shape index (κ2) is 6.53. The van der Waals surface area contributed by atoms with Crippen LogP contribution in [-0.4, -0.2) is 36.0 Å². The fraction of sp³-hybridized carbons (Fsp3) is 0.600. The molecule has 1 aromatic rings. The van der Waals surface area contributed by atoms with Gasteiger partial charge in [0.15, 0.2) is 6.61 Å². The highest BCUT2D eigenvalue weighted by Gasteiger charge is 2.50. The van der Waals surface area contributed by atoms with Crippen LogP contribution in [0.2, 0.25) is 0 Å². The van der Waals surface area contributed by atoms with Gasteiger partial charge in [-0.25, -0.2) is 4.79 Å². The summed E-state index contributed by atoms with van der Waals surface area (Å²) < 4.78 is 43.3. The van der Waals surface area contributed by atoms with Crippen LogP contribution in [0, 0.1) is 10.8 Å². The van der Waals surface area contributed by atoms with Gasteiger partial charge in [0.1, 0.15) is 0 Å². The maximum absolute atomic E-state index is 12.8. The molecule has 0 radical (unpaired) electrons. The minimum atomic E-state index is -4.54. The molecule has 1 amide bonds. The van der Waals surface area contributed by atoms with Crippen molar-refractivity contribution in [2.75, 3.05) is 13.2 Å². The van der Waals surface area contributed by atoms with Crippen LogP contribution in [0.4, 0.5) is 13.2 Å². The van der Waals surface area contributed by atoms with Gasteiger partial charge in [0.05, 0.1) is 11.1 Å². The fourth-order valence-electron chi connectivity index (χ4n) is 4.87. The van der Waals surface area contributed by atoms with Crippen molar-refractivity contribution in [2.24, 2.45) is 10.8 Å². The number of nitrogens with zero attached hydrogens (tertiary/aromatic N) is 1. The van der Waals surface area contributed by atoms with Crippen molar-refractivity contribution in [3.05, 3.63) is 35.4 Å². The molecule has 4 nitrogen and oxygen atoms in total. The van der Waals surface area contributed by atoms with Crippen molar-refractivity contribution < 1.29 is 27.5 Å². The Bertz CT molecular complexity index is 759. The molecule has 2 aliphatic rings. The number of halogens is 3. The molecule has 2 atom stereocenters. The number of likely N-dealkylation sites (tertiary alicyclic amines) is 1. The van der Waals surface area contributed by atoms with E-state index in [1.54, 1.807) is 4.90 Å². The number of fused-ring (bicyclic) bond motifs is 2. The third kappa shape index (κ3) is 4.28. The Labute approximate surface area is 156 Å². The van der Waals surface area contributed by atoms with Crippen molar-refractivity contribution in [2.45, 2.75) is 52.3 Å². The van der Waals surface area contributed by atoms with Crippen LogP contribution < -0.4 is 0 Å². The first-order valence-electron chi connectivity index (χ1n) is 9.03. The van der Waals surface area contributed by atoms with E-state index in [2.05, 4.69) is 20.8 Å². The fourth-order valence-corrected chi connectivity index (χ4v) is 4.87. The largest absolute Gasteiger partial charge is 0.452 e. The van der Waals surface area contributed by atoms with Gasteiger partial charge >= 0.3 is 12.1 Å². The number of rotatable bonds is 3. The van der Waals surface area contributed by atoms with E-state index in [0.717, 1.165) is 37.5 Å². The number of hydrogen-bond acceptors (Lipinski definition) is 3. The lowest BCUT2D eigenvalue weighted by atomic mass is 9.65. The molecule has 2 fully saturated rings. The number of esters is 1. The van der Waals surface area contributed by atoms with E-state index in [9.17, 15) is 22.8 Å². The molecule has 1 aliphatic heterocycles. The van der Waals surface area contributed by atoms with Gasteiger partial charge in [-0.1, -0.05) is 26.8 Å². The SMILES string of the molecule is CC1(C)C[C@H]2C[C@@](C)(CN2C(=O)COC(=O)c2cccc(C(F)(F)F)c2)C1. The van der Waals surface area contributed by atoms with Crippen molar-refractivity contribution in [3.8, 4) is 0 Å². The molecule has 1 aromatic carbocycles. The maximum atomic E-state index is 12.8. The van der Waals surface area contributed by atoms with Gasteiger partial charge in [-0.3, -0.25) is 4.79 Å². The summed E-state index contributed by atoms with van der Waals surface area (Å²) in [5.41, 5.74) is -0.924. The monoisotopic (exact) mass is 383 g/mol. The number of benzene rings is 1. The van der Waals surface area contributed by atoms with Crippen molar-refractivity contribution in [1.82, 2.24) is 4.90 Å². The summed E-state index contributed by atoms with van der Waals surface area (Å²) in [5, 5.41) is 0. The minimum Gasteiger partial charge on any atom is -0.452 e. The van der Waals surface area contributed by atoms with Gasteiger partial charge in [-0.05, 0) is 48.3 Å². The van der Waals surface area contributed by atoms with Crippen LogP contribution in [0.5, 0.6) is 0 Å². The molecule has 0 unspecified atom stereocenters. The van der Waals surface area contributed by atoms with Gasteiger partial charge < -0.3 is 9.64 Å². The third-order valence-corrected chi connectivity index (χ3v) is 5.49. The Balaban J connectivity index is 1.62. The maximum Gasteiger partial charge on any atom is 0.416 e. The molecule has 27 heavy (non-hydrogen) atoms. The normalized spacial score (nSPS) is 26.7. The highest BCUT2D eigenvalue weighted by Crippen LogP contribution is 2.52. The summed E-state index contributed by atoms with van der Waals surface area (Å²) in [6.07, 6.45) is -1.68. The molecular formula is C20H24F3NO3. The Kier molecular flexibility index (Phi) is 4.77. The summed E-state index contributed by atoms with van der Waals surface area (Å²) in [5.74, 6) is -1.22. The van der Waals surface area contributed by atoms with Crippen LogP contribution in [0.1, 0.15) is 56.0 Å². The number of ether oxygens (including phenoxy) is 1. The standard InChI is InChI=1S/C20H24F3NO3/c1-18(2)8-15-9-19(3,11-18)12-24(15)16(25)10-27-17(26)13-5-4-6-14(7-13)20(21,22)23/h4-7,15H,8-12H2,1-3H3/t15-,19+/m0/s1. The topological polar surface area (TPSA) is 46.6 Å². The van der Waals surface area contributed by atoms with Gasteiger partial charge in [-0.15, -0.1) is 0 Å². The molecule has 0 spiro atoms. The molecule has 1 aliphatic carbocycles. The first-order chi connectivity index (χ1) is 12.4. The zero-order valence-corrected chi connectivity index (χ0v) is 15.7. The van der Waals surface area contributed by atoms with E-state index in [4.69, 9.17) is 4.74 Å². The second-order valence-electron chi connectivity index (χ2n) is 8.89. The lowest BCUT2D eigenvalue weighted by Crippen LogP contribution is -2.39. The van der Waals surface area contributed by atoms with E-state index in [-0.39, 0.29) is 28.3 Å². The van der Waals surface area contributed by atoms with Gasteiger partial charge in [0.25, 0.3) is 5.91 Å². The molecule has 3 rings (SSSR count). The number of hydrogen-bond donors (Lipinski definition) is 0. The second-order valence-corrected chi connectivity index (χ2v) is 8.89. The number of amides is 1. The van der Waals surface area contributed by atoms with Crippen LogP contribution >= 0.6 is 0 Å². The molecule has 2 bridgehead atoms. The first kappa shape index (κ1) is 19.7. The molecule has 7 heteroatoms. The van der Waals surface area contributed by atoms with Gasteiger partial charge in [-0.2, -0.15) is 13.2 Å². The smallest absolute Gasteiger partial charge is 0.416 e. The number of alkyl halides is 3. The van der Waals surface area contributed by atoms with E-state index in [1.807, 2.05) is 0 Å². The number of carbonyl (C=O) groups excluding carboxylic acids is 2.